The summed E-state index contributed by atoms with van der Waals surface area (Å²) in [6, 6.07) is 7.00. The number of carbonyl (C=O) groups is 1. The van der Waals surface area contributed by atoms with E-state index in [1.54, 1.807) is 31.4 Å². The zero-order chi connectivity index (χ0) is 13.4. The number of benzene rings is 1. The Labute approximate surface area is 116 Å². The lowest BCUT2D eigenvalue weighted by Gasteiger charge is -2.13. The number of nitrogens with one attached hydrogen (secondary N) is 1. The molecule has 1 N–H and O–H groups in total. The quantitative estimate of drug-likeness (QED) is 0.865. The van der Waals surface area contributed by atoms with Crippen LogP contribution in [0.5, 0.6) is 5.75 Å². The Kier molecular flexibility index (Phi) is 3.47. The Balaban J connectivity index is 1.96. The molecule has 0 aliphatic heterocycles. The van der Waals surface area contributed by atoms with Crippen LogP contribution in [0.2, 0.25) is 0 Å². The van der Waals surface area contributed by atoms with Crippen molar-refractivity contribution in [3.05, 3.63) is 29.8 Å². The molecule has 0 radical (unpaired) electrons. The number of hydrogen-bond donors (Lipinski definition) is 1. The van der Waals surface area contributed by atoms with E-state index >= 15 is 0 Å². The van der Waals surface area contributed by atoms with Crippen LogP contribution in [0.4, 0.5) is 0 Å². The van der Waals surface area contributed by atoms with Gasteiger partial charge in [-0.25, -0.2) is 0 Å². The number of methoxy groups -OCH3 is 1. The van der Waals surface area contributed by atoms with Crippen molar-refractivity contribution in [2.45, 2.75) is 17.7 Å². The van der Waals surface area contributed by atoms with Gasteiger partial charge in [-0.2, -0.15) is 0 Å². The van der Waals surface area contributed by atoms with E-state index in [1.807, 2.05) is 6.92 Å². The van der Waals surface area contributed by atoms with Crippen molar-refractivity contribution in [3.63, 3.8) is 0 Å². The van der Waals surface area contributed by atoms with Crippen molar-refractivity contribution in [1.82, 2.24) is 5.32 Å². The topological polar surface area (TPSA) is 38.3 Å². The zero-order valence-electron chi connectivity index (χ0n) is 10.3. The number of rotatable bonds is 4. The largest absolute Gasteiger partial charge is 0.497 e. The summed E-state index contributed by atoms with van der Waals surface area (Å²) >= 11 is 12.0. The van der Waals surface area contributed by atoms with Gasteiger partial charge in [-0.05, 0) is 24.6 Å². The molecule has 1 atom stereocenters. The average Bonchev–Trinajstić information content (AvgIpc) is 2.86. The second-order valence-electron chi connectivity index (χ2n) is 4.86. The van der Waals surface area contributed by atoms with Crippen molar-refractivity contribution in [3.8, 4) is 5.75 Å². The van der Waals surface area contributed by atoms with Gasteiger partial charge in [0.2, 0.25) is 0 Å². The first-order valence-corrected chi connectivity index (χ1v) is 6.44. The van der Waals surface area contributed by atoms with Gasteiger partial charge in [0, 0.05) is 17.5 Å². The molecule has 0 bridgehead atoms. The van der Waals surface area contributed by atoms with Gasteiger partial charge >= 0.3 is 0 Å². The lowest BCUT2D eigenvalue weighted by atomic mass is 10.1. The minimum atomic E-state index is -0.714. The highest BCUT2D eigenvalue weighted by atomic mass is 35.5. The second-order valence-corrected chi connectivity index (χ2v) is 6.34. The molecule has 1 aliphatic carbocycles. The van der Waals surface area contributed by atoms with Crippen LogP contribution in [0.15, 0.2) is 24.3 Å². The van der Waals surface area contributed by atoms with E-state index in [1.165, 1.54) is 0 Å². The van der Waals surface area contributed by atoms with Gasteiger partial charge in [0.1, 0.15) is 10.1 Å². The molecule has 0 saturated heterocycles. The first-order valence-electron chi connectivity index (χ1n) is 5.68. The Morgan fingerprint density at radius 1 is 1.50 bits per heavy atom. The van der Waals surface area contributed by atoms with Crippen LogP contribution >= 0.6 is 23.2 Å². The Bertz CT molecular complexity index is 476. The molecule has 1 aliphatic rings. The zero-order valence-corrected chi connectivity index (χ0v) is 11.8. The molecule has 0 heterocycles. The van der Waals surface area contributed by atoms with Gasteiger partial charge in [0.05, 0.1) is 7.11 Å². The molecule has 1 aromatic carbocycles. The molecule has 0 unspecified atom stereocenters. The standard InChI is InChI=1S/C13H15Cl2NO2/c1-12(7-13(12,14)15)8-16-11(17)9-4-3-5-10(6-9)18-2/h3-6H,7-8H2,1-2H3,(H,16,17)/t12-/m0/s1. The third-order valence-corrected chi connectivity index (χ3v) is 4.52. The predicted octanol–water partition coefficient (Wildman–Crippen LogP) is 3.01. The number of hydrogen-bond acceptors (Lipinski definition) is 2. The van der Waals surface area contributed by atoms with Crippen molar-refractivity contribution in [1.29, 1.82) is 0 Å². The highest BCUT2D eigenvalue weighted by Gasteiger charge is 2.62. The SMILES string of the molecule is COc1cccc(C(=O)NC[C@]2(C)CC2(Cl)Cl)c1. The van der Waals surface area contributed by atoms with Crippen molar-refractivity contribution in [2.75, 3.05) is 13.7 Å². The molecule has 0 spiro atoms. The number of halogens is 2. The molecule has 18 heavy (non-hydrogen) atoms. The maximum Gasteiger partial charge on any atom is 0.251 e. The summed E-state index contributed by atoms with van der Waals surface area (Å²) in [5.74, 6) is 0.510. The predicted molar refractivity (Wildman–Crippen MR) is 72.5 cm³/mol. The second kappa shape index (κ2) is 4.63. The first kappa shape index (κ1) is 13.5. The fourth-order valence-electron chi connectivity index (χ4n) is 1.78. The van der Waals surface area contributed by atoms with Crippen molar-refractivity contribution in [2.24, 2.45) is 5.41 Å². The molecule has 5 heteroatoms. The van der Waals surface area contributed by atoms with Gasteiger partial charge < -0.3 is 10.1 Å². The smallest absolute Gasteiger partial charge is 0.251 e. The van der Waals surface area contributed by atoms with Crippen LogP contribution in [0.1, 0.15) is 23.7 Å². The van der Waals surface area contributed by atoms with Crippen LogP contribution in [0.25, 0.3) is 0 Å². The minimum absolute atomic E-state index is 0.147. The monoisotopic (exact) mass is 287 g/mol. The maximum atomic E-state index is 11.9. The van der Waals surface area contributed by atoms with Crippen LogP contribution in [-0.2, 0) is 0 Å². The Morgan fingerprint density at radius 3 is 2.72 bits per heavy atom. The average molecular weight is 288 g/mol. The summed E-state index contributed by atoms with van der Waals surface area (Å²) < 4.78 is 4.36. The summed E-state index contributed by atoms with van der Waals surface area (Å²) in [4.78, 5) is 11.9. The number of carbonyl (C=O) groups excluding carboxylic acids is 1. The summed E-state index contributed by atoms with van der Waals surface area (Å²) in [6.45, 7) is 2.43. The fourth-order valence-corrected chi connectivity index (χ4v) is 2.50. The lowest BCUT2D eigenvalue weighted by molar-refractivity contribution is 0.0945. The number of ether oxygens (including phenoxy) is 1. The van der Waals surface area contributed by atoms with Gasteiger partial charge in [0.15, 0.2) is 0 Å². The molecule has 1 aromatic rings. The first-order chi connectivity index (χ1) is 8.38. The number of amides is 1. The molecule has 98 valence electrons. The summed E-state index contributed by atoms with van der Waals surface area (Å²) in [7, 11) is 1.57. The van der Waals surface area contributed by atoms with Crippen molar-refractivity contribution >= 4 is 29.1 Å². The molecular weight excluding hydrogens is 273 g/mol. The lowest BCUT2D eigenvalue weighted by Crippen LogP contribution is -2.31. The molecule has 1 amide bonds. The van der Waals surface area contributed by atoms with E-state index in [9.17, 15) is 4.79 Å². The highest BCUT2D eigenvalue weighted by molar-refractivity contribution is 6.51. The minimum Gasteiger partial charge on any atom is -0.497 e. The third kappa shape index (κ3) is 2.57. The molecule has 1 fully saturated rings. The Morgan fingerprint density at radius 2 is 2.17 bits per heavy atom. The van der Waals surface area contributed by atoms with E-state index in [0.717, 1.165) is 0 Å². The van der Waals surface area contributed by atoms with Gasteiger partial charge in [0.25, 0.3) is 5.91 Å². The van der Waals surface area contributed by atoms with Crippen LogP contribution in [0.3, 0.4) is 0 Å². The molecule has 3 nitrogen and oxygen atoms in total. The van der Waals surface area contributed by atoms with Crippen LogP contribution < -0.4 is 10.1 Å². The van der Waals surface area contributed by atoms with E-state index in [0.29, 0.717) is 24.3 Å². The highest BCUT2D eigenvalue weighted by Crippen LogP contribution is 2.63. The molecule has 2 rings (SSSR count). The summed E-state index contributed by atoms with van der Waals surface area (Å²) in [5, 5.41) is 2.84. The van der Waals surface area contributed by atoms with E-state index in [-0.39, 0.29) is 11.3 Å². The van der Waals surface area contributed by atoms with Gasteiger partial charge in [-0.15, -0.1) is 23.2 Å². The Hall–Kier alpha value is -0.930. The van der Waals surface area contributed by atoms with Crippen molar-refractivity contribution < 1.29 is 9.53 Å². The van der Waals surface area contributed by atoms with Gasteiger partial charge in [-0.3, -0.25) is 4.79 Å². The molecule has 1 saturated carbocycles. The van der Waals surface area contributed by atoms with Crippen LogP contribution in [-0.4, -0.2) is 23.9 Å². The maximum absolute atomic E-state index is 11.9. The summed E-state index contributed by atoms with van der Waals surface area (Å²) in [6.07, 6.45) is 0.696. The van der Waals surface area contributed by atoms with E-state index in [4.69, 9.17) is 27.9 Å². The molecule has 0 aromatic heterocycles. The summed E-state index contributed by atoms with van der Waals surface area (Å²) in [5.41, 5.74) is 0.332. The van der Waals surface area contributed by atoms with E-state index < -0.39 is 4.33 Å². The number of alkyl halides is 2. The van der Waals surface area contributed by atoms with E-state index in [2.05, 4.69) is 5.32 Å². The normalized spacial score (nSPS) is 24.4. The van der Waals surface area contributed by atoms with Crippen LogP contribution in [0, 0.1) is 5.41 Å². The molecular formula is C13H15Cl2NO2. The van der Waals surface area contributed by atoms with Gasteiger partial charge in [-0.1, -0.05) is 13.0 Å². The third-order valence-electron chi connectivity index (χ3n) is 3.34. The fraction of sp³-hybridized carbons (Fsp3) is 0.462.